The minimum Gasteiger partial charge on any atom is -0.312 e. The van der Waals surface area contributed by atoms with Crippen molar-refractivity contribution >= 4 is 46.8 Å². The van der Waals surface area contributed by atoms with Gasteiger partial charge in [-0.3, -0.25) is 0 Å². The summed E-state index contributed by atoms with van der Waals surface area (Å²) in [6.45, 7) is 39.3. The van der Waals surface area contributed by atoms with E-state index < -0.39 is 0 Å². The lowest BCUT2D eigenvalue weighted by Gasteiger charge is -2.42. The molecule has 2 nitrogen and oxygen atoms in total. The Kier molecular flexibility index (Phi) is 11.4. The molecule has 2 aromatic rings. The van der Waals surface area contributed by atoms with Crippen molar-refractivity contribution in [2.24, 2.45) is 0 Å². The zero-order chi connectivity index (χ0) is 39.2. The third-order valence-corrected chi connectivity index (χ3v) is 10.4. The maximum absolute atomic E-state index is 4.43. The van der Waals surface area contributed by atoms with Crippen LogP contribution in [0.1, 0.15) is 12.5 Å². The summed E-state index contributed by atoms with van der Waals surface area (Å²) in [7, 11) is 0. The van der Waals surface area contributed by atoms with Crippen LogP contribution in [0.25, 0.3) is 5.57 Å². The Morgan fingerprint density at radius 2 is 1.07 bits per heavy atom. The van der Waals surface area contributed by atoms with Crippen LogP contribution in [0.2, 0.25) is 0 Å². The van der Waals surface area contributed by atoms with Crippen LogP contribution < -0.4 is 26.2 Å². The van der Waals surface area contributed by atoms with Crippen LogP contribution in [-0.2, 0) is 0 Å². The molecule has 0 N–H and O–H groups in total. The van der Waals surface area contributed by atoms with Crippen molar-refractivity contribution in [1.29, 1.82) is 0 Å². The van der Waals surface area contributed by atoms with E-state index in [1.807, 2.05) is 72.9 Å². The Morgan fingerprint density at radius 3 is 1.58 bits per heavy atom. The first-order valence-electron chi connectivity index (χ1n) is 18.4. The second-order valence-electron chi connectivity index (χ2n) is 13.3. The van der Waals surface area contributed by atoms with Crippen LogP contribution >= 0.6 is 0 Å². The van der Waals surface area contributed by atoms with E-state index in [1.165, 1.54) is 27.5 Å². The first-order valence-corrected chi connectivity index (χ1v) is 18.4. The minimum absolute atomic E-state index is 0.0764. The molecule has 0 aliphatic carbocycles. The molecule has 4 heteroatoms. The topological polar surface area (TPSA) is 6.48 Å². The lowest BCUT2D eigenvalue weighted by atomic mass is 9.33. The lowest BCUT2D eigenvalue weighted by molar-refractivity contribution is 1.12. The molecular formula is C51H46B2N2. The number of benzene rings is 2. The second kappa shape index (κ2) is 16.5. The molecule has 0 spiro atoms. The molecule has 0 amide bonds. The molecule has 4 aliphatic heterocycles. The average Bonchev–Trinajstić information content (AvgIpc) is 3.67. The first-order chi connectivity index (χ1) is 26.9. The maximum atomic E-state index is 4.43. The quantitative estimate of drug-likeness (QED) is 0.142. The van der Waals surface area contributed by atoms with E-state index in [4.69, 9.17) is 0 Å². The van der Waals surface area contributed by atoms with E-state index in [1.54, 1.807) is 12.2 Å². The fourth-order valence-corrected chi connectivity index (χ4v) is 8.48. The molecule has 0 atom stereocenters. The molecule has 0 radical (unpaired) electrons. The highest BCUT2D eigenvalue weighted by atomic mass is 15.2. The Bertz CT molecular complexity index is 2400. The standard InChI is InChI=1S/C51H46B2N2/c1-11-20-29-37(25-14-4)54-46(18-8)50-39(27-16-6)36(10)42(32-22-13-3)52(50)44-34-49-45(35-48(44)54)53-43-33-24-23-31-40(43)41(28-17-7)51(53)47(19-9)55(49)38(26-15-5)30-21-12-2/h11-35H,1-9H2,10H3/b29-20-,30-21-,32-22-,37-25+,38-26+,39-27-,41-28-. The highest BCUT2D eigenvalue weighted by molar-refractivity contribution is 6.97. The molecule has 0 fully saturated rings. The van der Waals surface area contributed by atoms with Gasteiger partial charge in [0.1, 0.15) is 0 Å². The molecule has 0 unspecified atom stereocenters. The van der Waals surface area contributed by atoms with Gasteiger partial charge < -0.3 is 9.80 Å². The zero-order valence-electron chi connectivity index (χ0n) is 31.8. The van der Waals surface area contributed by atoms with Crippen molar-refractivity contribution in [1.82, 2.24) is 0 Å². The SMILES string of the molecule is C=C/C=C\C1=C(C)C(=C/C=C)/C2=C(C=C)N(C(/C=C\C=C)=C/C=C)c3cc4c(cc3B12)N(C(/C=C\C=C)=C/C=C)C(C=C)=C1B4c2ccccc2/C1=C/C=C. The summed E-state index contributed by atoms with van der Waals surface area (Å²) in [4.78, 5) is 4.63. The van der Waals surface area contributed by atoms with E-state index >= 15 is 0 Å². The molecule has 0 aromatic heterocycles. The van der Waals surface area contributed by atoms with E-state index in [0.29, 0.717) is 0 Å². The van der Waals surface area contributed by atoms with Crippen LogP contribution in [0.4, 0.5) is 11.4 Å². The van der Waals surface area contributed by atoms with Gasteiger partial charge in [-0.1, -0.05) is 173 Å². The van der Waals surface area contributed by atoms with Crippen molar-refractivity contribution in [2.45, 2.75) is 6.92 Å². The lowest BCUT2D eigenvalue weighted by Crippen LogP contribution is -2.52. The van der Waals surface area contributed by atoms with Gasteiger partial charge >= 0.3 is 0 Å². The molecule has 0 saturated carbocycles. The van der Waals surface area contributed by atoms with Crippen LogP contribution in [0.3, 0.4) is 0 Å². The summed E-state index contributed by atoms with van der Waals surface area (Å²) >= 11 is 0. The summed E-state index contributed by atoms with van der Waals surface area (Å²) in [6.07, 6.45) is 37.3. The highest BCUT2D eigenvalue weighted by Gasteiger charge is 2.48. The first kappa shape index (κ1) is 38.0. The number of allylic oxidation sites excluding steroid dienone is 25. The minimum atomic E-state index is -0.109. The number of nitrogens with zero attached hydrogens (tertiary/aromatic N) is 2. The summed E-state index contributed by atoms with van der Waals surface area (Å²) in [5.74, 6) is 0. The molecule has 2 aromatic carbocycles. The molecule has 4 aliphatic rings. The summed E-state index contributed by atoms with van der Waals surface area (Å²) in [5.41, 5.74) is 17.6. The van der Waals surface area contributed by atoms with Crippen molar-refractivity contribution < 1.29 is 0 Å². The maximum Gasteiger partial charge on any atom is 0.248 e. The van der Waals surface area contributed by atoms with Crippen LogP contribution in [0.5, 0.6) is 0 Å². The predicted molar refractivity (Wildman–Crippen MR) is 246 cm³/mol. The van der Waals surface area contributed by atoms with Crippen LogP contribution in [-0.4, -0.2) is 13.4 Å². The predicted octanol–water partition coefficient (Wildman–Crippen LogP) is 10.5. The van der Waals surface area contributed by atoms with Crippen molar-refractivity contribution in [3.05, 3.63) is 267 Å². The molecule has 0 saturated heterocycles. The number of fused-ring (bicyclic) bond motifs is 8. The summed E-state index contributed by atoms with van der Waals surface area (Å²) in [5, 5.41) is 0. The summed E-state index contributed by atoms with van der Waals surface area (Å²) in [6, 6.07) is 13.5. The molecule has 0 bridgehead atoms. The molecule has 55 heavy (non-hydrogen) atoms. The second-order valence-corrected chi connectivity index (χ2v) is 13.3. The van der Waals surface area contributed by atoms with Gasteiger partial charge in [0, 0.05) is 34.2 Å². The normalized spacial score (nSPS) is 17.9. The third kappa shape index (κ3) is 6.26. The number of hydrogen-bond donors (Lipinski definition) is 0. The van der Waals surface area contributed by atoms with Crippen LogP contribution in [0.15, 0.2) is 261 Å². The third-order valence-electron chi connectivity index (χ3n) is 10.4. The molecule has 6 rings (SSSR count). The van der Waals surface area contributed by atoms with Crippen molar-refractivity contribution in [3.8, 4) is 0 Å². The Balaban J connectivity index is 1.85. The largest absolute Gasteiger partial charge is 0.312 e. The van der Waals surface area contributed by atoms with Gasteiger partial charge in [-0.15, -0.1) is 0 Å². The average molecular weight is 709 g/mol. The van der Waals surface area contributed by atoms with Crippen molar-refractivity contribution in [3.63, 3.8) is 0 Å². The number of hydrogen-bond acceptors (Lipinski definition) is 2. The smallest absolute Gasteiger partial charge is 0.248 e. The van der Waals surface area contributed by atoms with E-state index in [9.17, 15) is 0 Å². The molecule has 266 valence electrons. The van der Waals surface area contributed by atoms with Gasteiger partial charge in [-0.25, -0.2) is 0 Å². The summed E-state index contributed by atoms with van der Waals surface area (Å²) < 4.78 is 0. The van der Waals surface area contributed by atoms with E-state index in [0.717, 1.165) is 61.7 Å². The Morgan fingerprint density at radius 1 is 0.564 bits per heavy atom. The van der Waals surface area contributed by atoms with Crippen molar-refractivity contribution in [2.75, 3.05) is 9.80 Å². The monoisotopic (exact) mass is 708 g/mol. The fraction of sp³-hybridized carbons (Fsp3) is 0.0196. The number of anilines is 2. The van der Waals surface area contributed by atoms with Crippen LogP contribution in [0, 0.1) is 0 Å². The van der Waals surface area contributed by atoms with E-state index in [2.05, 4.69) is 143 Å². The van der Waals surface area contributed by atoms with Gasteiger partial charge in [0.15, 0.2) is 0 Å². The van der Waals surface area contributed by atoms with Gasteiger partial charge in [-0.05, 0) is 99.7 Å². The van der Waals surface area contributed by atoms with Gasteiger partial charge in [-0.2, -0.15) is 0 Å². The van der Waals surface area contributed by atoms with Gasteiger partial charge in [0.05, 0.1) is 0 Å². The fourth-order valence-electron chi connectivity index (χ4n) is 8.48. The molecule has 4 heterocycles. The van der Waals surface area contributed by atoms with Gasteiger partial charge in [0.2, 0.25) is 13.4 Å². The number of rotatable bonds is 14. The highest BCUT2D eigenvalue weighted by Crippen LogP contribution is 2.47. The Labute approximate surface area is 329 Å². The zero-order valence-corrected chi connectivity index (χ0v) is 31.8. The van der Waals surface area contributed by atoms with E-state index in [-0.39, 0.29) is 13.4 Å². The molecular weight excluding hydrogens is 662 g/mol. The van der Waals surface area contributed by atoms with Gasteiger partial charge in [0.25, 0.3) is 0 Å². The Hall–Kier alpha value is -6.77.